The maximum absolute atomic E-state index is 12.5. The lowest BCUT2D eigenvalue weighted by Gasteiger charge is -2.07. The van der Waals surface area contributed by atoms with Gasteiger partial charge < -0.3 is 25.3 Å². The van der Waals surface area contributed by atoms with E-state index in [2.05, 4.69) is 15.3 Å². The molecule has 0 fully saturated rings. The van der Waals surface area contributed by atoms with E-state index in [0.717, 1.165) is 11.1 Å². The Morgan fingerprint density at radius 3 is 2.96 bits per heavy atom. The highest BCUT2D eigenvalue weighted by molar-refractivity contribution is 5.93. The fourth-order valence-corrected chi connectivity index (χ4v) is 2.94. The minimum Gasteiger partial charge on any atom is -0.424 e. The molecule has 0 bridgehead atoms. The molecular formula is C19H19N5O4. The zero-order valence-electron chi connectivity index (χ0n) is 15.0. The van der Waals surface area contributed by atoms with E-state index in [1.54, 1.807) is 4.40 Å². The largest absolute Gasteiger partial charge is 0.424 e. The number of hydrogen-bond donors (Lipinski definition) is 3. The van der Waals surface area contributed by atoms with Crippen LogP contribution in [0.5, 0.6) is 0 Å². The van der Waals surface area contributed by atoms with Crippen molar-refractivity contribution in [2.75, 3.05) is 32.1 Å². The van der Waals surface area contributed by atoms with E-state index in [0.29, 0.717) is 35.6 Å². The summed E-state index contributed by atoms with van der Waals surface area (Å²) in [5, 5.41) is 11.5. The Hall–Kier alpha value is -3.43. The number of nitrogens with two attached hydrogens (primary N) is 1. The Morgan fingerprint density at radius 1 is 1.25 bits per heavy atom. The van der Waals surface area contributed by atoms with Gasteiger partial charge in [0, 0.05) is 12.7 Å². The van der Waals surface area contributed by atoms with E-state index < -0.39 is 0 Å². The van der Waals surface area contributed by atoms with Crippen LogP contribution in [0.15, 0.2) is 47.1 Å². The van der Waals surface area contributed by atoms with Gasteiger partial charge in [0.25, 0.3) is 11.9 Å². The normalized spacial score (nSPS) is 11.3. The van der Waals surface area contributed by atoms with Crippen LogP contribution < -0.4 is 11.1 Å². The number of imidazole rings is 1. The molecule has 0 spiro atoms. The smallest absolute Gasteiger partial charge is 0.292 e. The molecule has 0 saturated heterocycles. The Labute approximate surface area is 159 Å². The SMILES string of the molecule is Nc1nc2cc(-c3ccc4ncc(C(=O)NCCOCCO)n4c3)ccc2o1. The molecule has 4 aromatic rings. The lowest BCUT2D eigenvalue weighted by atomic mass is 10.1. The van der Waals surface area contributed by atoms with E-state index in [4.69, 9.17) is 20.0 Å². The van der Waals surface area contributed by atoms with Crippen molar-refractivity contribution in [3.05, 3.63) is 48.4 Å². The molecule has 28 heavy (non-hydrogen) atoms. The second kappa shape index (κ2) is 7.67. The average molecular weight is 381 g/mol. The molecule has 1 amide bonds. The van der Waals surface area contributed by atoms with Gasteiger partial charge in [-0.15, -0.1) is 0 Å². The number of amides is 1. The number of aliphatic hydroxyl groups excluding tert-OH is 1. The predicted octanol–water partition coefficient (Wildman–Crippen LogP) is 1.46. The topological polar surface area (TPSA) is 128 Å². The third-order valence-electron chi connectivity index (χ3n) is 4.24. The van der Waals surface area contributed by atoms with Crippen LogP contribution in [0.2, 0.25) is 0 Å². The van der Waals surface area contributed by atoms with Gasteiger partial charge >= 0.3 is 0 Å². The average Bonchev–Trinajstić information content (AvgIpc) is 3.28. The summed E-state index contributed by atoms with van der Waals surface area (Å²) in [6.45, 7) is 0.873. The number of aromatic nitrogens is 3. The van der Waals surface area contributed by atoms with Crippen molar-refractivity contribution >= 4 is 28.7 Å². The standard InChI is InChI=1S/C19H19N5O4/c20-19-23-14-9-12(1-3-16(14)28-19)13-2-4-17-22-10-15(24(17)11-13)18(26)21-5-7-27-8-6-25/h1-4,9-11,25H,5-8H2,(H2,20,23)(H,21,26). The molecular weight excluding hydrogens is 362 g/mol. The number of aliphatic hydroxyl groups is 1. The zero-order valence-corrected chi connectivity index (χ0v) is 15.0. The number of nitrogens with one attached hydrogen (secondary N) is 1. The predicted molar refractivity (Wildman–Crippen MR) is 103 cm³/mol. The quantitative estimate of drug-likeness (QED) is 0.414. The van der Waals surface area contributed by atoms with Crippen molar-refractivity contribution in [1.82, 2.24) is 19.7 Å². The van der Waals surface area contributed by atoms with Gasteiger partial charge in [-0.25, -0.2) is 4.98 Å². The molecule has 0 unspecified atom stereocenters. The summed E-state index contributed by atoms with van der Waals surface area (Å²) in [4.78, 5) is 20.9. The van der Waals surface area contributed by atoms with Gasteiger partial charge in [0.05, 0.1) is 26.0 Å². The Balaban J connectivity index is 1.59. The summed E-state index contributed by atoms with van der Waals surface area (Å²) in [5.74, 6) is -0.253. The maximum atomic E-state index is 12.5. The molecule has 4 N–H and O–H groups in total. The van der Waals surface area contributed by atoms with Gasteiger partial charge in [0.15, 0.2) is 5.58 Å². The number of ether oxygens (including phenoxy) is 1. The number of anilines is 1. The third-order valence-corrected chi connectivity index (χ3v) is 4.24. The molecule has 3 heterocycles. The number of benzene rings is 1. The highest BCUT2D eigenvalue weighted by Gasteiger charge is 2.13. The summed E-state index contributed by atoms with van der Waals surface area (Å²) in [6, 6.07) is 9.50. The number of fused-ring (bicyclic) bond motifs is 2. The molecule has 0 atom stereocenters. The highest BCUT2D eigenvalue weighted by Crippen LogP contribution is 2.26. The monoisotopic (exact) mass is 381 g/mol. The van der Waals surface area contributed by atoms with Gasteiger partial charge in [-0.3, -0.25) is 9.20 Å². The van der Waals surface area contributed by atoms with Gasteiger partial charge in [-0.1, -0.05) is 6.07 Å². The third kappa shape index (κ3) is 3.53. The van der Waals surface area contributed by atoms with Gasteiger partial charge in [-0.2, -0.15) is 4.98 Å². The number of carbonyl (C=O) groups excluding carboxylic acids is 1. The van der Waals surface area contributed by atoms with Crippen LogP contribution in [-0.2, 0) is 4.74 Å². The highest BCUT2D eigenvalue weighted by atomic mass is 16.5. The first kappa shape index (κ1) is 18.0. The van der Waals surface area contributed by atoms with E-state index in [-0.39, 0.29) is 25.1 Å². The fourth-order valence-electron chi connectivity index (χ4n) is 2.94. The summed E-state index contributed by atoms with van der Waals surface area (Å²) >= 11 is 0. The molecule has 0 aliphatic heterocycles. The van der Waals surface area contributed by atoms with Crippen molar-refractivity contribution in [2.45, 2.75) is 0 Å². The number of pyridine rings is 1. The molecule has 0 aliphatic rings. The number of hydrogen-bond acceptors (Lipinski definition) is 7. The lowest BCUT2D eigenvalue weighted by Crippen LogP contribution is -2.28. The number of carbonyl (C=O) groups is 1. The second-order valence-electron chi connectivity index (χ2n) is 6.12. The molecule has 144 valence electrons. The van der Waals surface area contributed by atoms with Crippen molar-refractivity contribution in [3.63, 3.8) is 0 Å². The summed E-state index contributed by atoms with van der Waals surface area (Å²) in [5.41, 5.74) is 9.79. The molecule has 0 saturated carbocycles. The summed E-state index contributed by atoms with van der Waals surface area (Å²) < 4.78 is 12.2. The number of oxazole rings is 1. The summed E-state index contributed by atoms with van der Waals surface area (Å²) in [7, 11) is 0. The first-order valence-electron chi connectivity index (χ1n) is 8.76. The number of nitrogen functional groups attached to an aromatic ring is 1. The molecule has 9 heteroatoms. The molecule has 0 radical (unpaired) electrons. The van der Waals surface area contributed by atoms with Gasteiger partial charge in [0.2, 0.25) is 0 Å². The van der Waals surface area contributed by atoms with Crippen LogP contribution >= 0.6 is 0 Å². The molecule has 9 nitrogen and oxygen atoms in total. The van der Waals surface area contributed by atoms with Crippen LogP contribution in [0.1, 0.15) is 10.5 Å². The van der Waals surface area contributed by atoms with Crippen LogP contribution in [-0.4, -0.2) is 51.7 Å². The van der Waals surface area contributed by atoms with Crippen molar-refractivity contribution in [3.8, 4) is 11.1 Å². The zero-order chi connectivity index (χ0) is 19.5. The van der Waals surface area contributed by atoms with Crippen molar-refractivity contribution in [1.29, 1.82) is 0 Å². The molecule has 4 rings (SSSR count). The van der Waals surface area contributed by atoms with Crippen LogP contribution in [0.25, 0.3) is 27.9 Å². The van der Waals surface area contributed by atoms with Gasteiger partial charge in [-0.05, 0) is 35.4 Å². The number of rotatable bonds is 7. The van der Waals surface area contributed by atoms with Gasteiger partial charge in [0.1, 0.15) is 16.9 Å². The van der Waals surface area contributed by atoms with E-state index >= 15 is 0 Å². The minimum atomic E-state index is -0.253. The minimum absolute atomic E-state index is 0.0449. The van der Waals surface area contributed by atoms with E-state index in [1.165, 1.54) is 6.20 Å². The Kier molecular flexibility index (Phi) is 4.92. The fraction of sp³-hybridized carbons (Fsp3) is 0.211. The molecule has 3 aromatic heterocycles. The van der Waals surface area contributed by atoms with Crippen LogP contribution in [0, 0.1) is 0 Å². The van der Waals surface area contributed by atoms with Crippen molar-refractivity contribution in [2.24, 2.45) is 0 Å². The second-order valence-corrected chi connectivity index (χ2v) is 6.12. The first-order valence-corrected chi connectivity index (χ1v) is 8.76. The maximum Gasteiger partial charge on any atom is 0.292 e. The van der Waals surface area contributed by atoms with E-state index in [1.807, 2.05) is 36.5 Å². The Morgan fingerprint density at radius 2 is 2.11 bits per heavy atom. The van der Waals surface area contributed by atoms with E-state index in [9.17, 15) is 4.79 Å². The first-order chi connectivity index (χ1) is 13.7. The van der Waals surface area contributed by atoms with Crippen LogP contribution in [0.4, 0.5) is 6.01 Å². The lowest BCUT2D eigenvalue weighted by molar-refractivity contribution is 0.0834. The molecule has 1 aromatic carbocycles. The van der Waals surface area contributed by atoms with Crippen LogP contribution in [0.3, 0.4) is 0 Å². The Bertz CT molecular complexity index is 1130. The van der Waals surface area contributed by atoms with Crippen molar-refractivity contribution < 1.29 is 19.1 Å². The molecule has 0 aliphatic carbocycles. The number of nitrogens with zero attached hydrogens (tertiary/aromatic N) is 3. The summed E-state index contributed by atoms with van der Waals surface area (Å²) in [6.07, 6.45) is 3.38.